The summed E-state index contributed by atoms with van der Waals surface area (Å²) in [5, 5.41) is 4.92. The number of ether oxygens (including phenoxy) is 1. The Labute approximate surface area is 199 Å². The first-order chi connectivity index (χ1) is 15.7. The second kappa shape index (κ2) is 8.99. The predicted octanol–water partition coefficient (Wildman–Crippen LogP) is 6.39. The van der Waals surface area contributed by atoms with Crippen LogP contribution in [-0.2, 0) is 6.18 Å². The van der Waals surface area contributed by atoms with E-state index in [0.717, 1.165) is 16.8 Å². The van der Waals surface area contributed by atoms with Crippen molar-refractivity contribution in [2.24, 2.45) is 5.10 Å². The van der Waals surface area contributed by atoms with Gasteiger partial charge in [-0.1, -0.05) is 35.9 Å². The van der Waals surface area contributed by atoms with E-state index in [1.165, 1.54) is 25.5 Å². The van der Waals surface area contributed by atoms with E-state index in [1.807, 2.05) is 0 Å². The minimum Gasteiger partial charge on any atom is -0.495 e. The second-order valence-corrected chi connectivity index (χ2v) is 8.19. The summed E-state index contributed by atoms with van der Waals surface area (Å²) in [6.07, 6.45) is -3.22. The lowest BCUT2D eigenvalue weighted by Gasteiger charge is -2.12. The maximum absolute atomic E-state index is 13.3. The maximum Gasteiger partial charge on any atom is 0.416 e. The van der Waals surface area contributed by atoms with Crippen LogP contribution in [0.5, 0.6) is 5.75 Å². The van der Waals surface area contributed by atoms with Crippen LogP contribution in [-0.4, -0.2) is 23.0 Å². The summed E-state index contributed by atoms with van der Waals surface area (Å²) in [6, 6.07) is 14.3. The van der Waals surface area contributed by atoms with E-state index >= 15 is 0 Å². The predicted molar refractivity (Wildman–Crippen MR) is 125 cm³/mol. The first-order valence-electron chi connectivity index (χ1n) is 9.46. The van der Waals surface area contributed by atoms with Gasteiger partial charge in [0.05, 0.1) is 34.3 Å². The van der Waals surface area contributed by atoms with Crippen LogP contribution in [0.2, 0.25) is 5.02 Å². The molecule has 0 atom stereocenters. The molecule has 3 aromatic carbocycles. The van der Waals surface area contributed by atoms with E-state index in [-0.39, 0.29) is 16.8 Å². The molecule has 33 heavy (non-hydrogen) atoms. The Kier molecular flexibility index (Phi) is 6.27. The fourth-order valence-electron chi connectivity index (χ4n) is 3.26. The Morgan fingerprint density at radius 2 is 1.88 bits per heavy atom. The number of alkyl halides is 3. The van der Waals surface area contributed by atoms with Crippen LogP contribution in [0.4, 0.5) is 13.2 Å². The smallest absolute Gasteiger partial charge is 0.416 e. The highest BCUT2D eigenvalue weighted by molar-refractivity contribution is 9.10. The van der Waals surface area contributed by atoms with Crippen molar-refractivity contribution in [2.45, 2.75) is 6.18 Å². The standard InChI is InChI=1S/C23H14BrClF3N3O2/c1-33-20-14(10-16(25)11-18(20)24)12-29-31-21(13-5-4-6-15(9-13)23(26,27)28)30-19-8-3-2-7-17(19)22(31)32/h2-12H,1H3. The van der Waals surface area contributed by atoms with Gasteiger partial charge in [-0.2, -0.15) is 22.9 Å². The van der Waals surface area contributed by atoms with Crippen LogP contribution in [0.15, 0.2) is 75.0 Å². The van der Waals surface area contributed by atoms with Crippen LogP contribution in [0.25, 0.3) is 22.3 Å². The van der Waals surface area contributed by atoms with E-state index in [0.29, 0.717) is 26.3 Å². The monoisotopic (exact) mass is 535 g/mol. The molecule has 168 valence electrons. The van der Waals surface area contributed by atoms with Crippen LogP contribution >= 0.6 is 27.5 Å². The summed E-state index contributed by atoms with van der Waals surface area (Å²) in [5.74, 6) is 0.381. The third-order valence-electron chi connectivity index (χ3n) is 4.76. The van der Waals surface area contributed by atoms with Gasteiger partial charge in [0.1, 0.15) is 5.75 Å². The van der Waals surface area contributed by atoms with Crippen LogP contribution < -0.4 is 10.3 Å². The molecule has 1 aromatic heterocycles. The lowest BCUT2D eigenvalue weighted by molar-refractivity contribution is -0.137. The first-order valence-corrected chi connectivity index (χ1v) is 10.6. The zero-order valence-electron chi connectivity index (χ0n) is 16.9. The average molecular weight is 537 g/mol. The van der Waals surface area contributed by atoms with E-state index in [1.54, 1.807) is 36.4 Å². The lowest BCUT2D eigenvalue weighted by Crippen LogP contribution is -2.20. The third kappa shape index (κ3) is 4.65. The molecule has 0 fully saturated rings. The van der Waals surface area contributed by atoms with E-state index in [4.69, 9.17) is 16.3 Å². The molecule has 0 bridgehead atoms. The molecule has 0 aliphatic rings. The molecule has 0 aliphatic heterocycles. The van der Waals surface area contributed by atoms with Crippen LogP contribution in [0.1, 0.15) is 11.1 Å². The van der Waals surface area contributed by atoms with Crippen molar-refractivity contribution >= 4 is 44.6 Å². The van der Waals surface area contributed by atoms with Gasteiger partial charge in [-0.15, -0.1) is 0 Å². The van der Waals surface area contributed by atoms with Gasteiger partial charge in [-0.05, 0) is 52.3 Å². The number of aromatic nitrogens is 2. The van der Waals surface area contributed by atoms with Gasteiger partial charge >= 0.3 is 6.18 Å². The number of benzene rings is 3. The number of para-hydroxylation sites is 1. The number of halogens is 5. The van der Waals surface area contributed by atoms with Crippen LogP contribution in [0, 0.1) is 0 Å². The number of methoxy groups -OCH3 is 1. The van der Waals surface area contributed by atoms with Crippen molar-refractivity contribution < 1.29 is 17.9 Å². The zero-order chi connectivity index (χ0) is 23.8. The molecule has 5 nitrogen and oxygen atoms in total. The quantitative estimate of drug-likeness (QED) is 0.284. The fourth-order valence-corrected chi connectivity index (χ4v) is 4.26. The Balaban J connectivity index is 1.97. The number of nitrogens with zero attached hydrogens (tertiary/aromatic N) is 3. The minimum atomic E-state index is -4.55. The van der Waals surface area contributed by atoms with Crippen molar-refractivity contribution in [2.75, 3.05) is 7.11 Å². The van der Waals surface area contributed by atoms with Gasteiger partial charge in [0, 0.05) is 16.1 Å². The number of hydrogen-bond acceptors (Lipinski definition) is 4. The average Bonchev–Trinajstić information content (AvgIpc) is 2.77. The van der Waals surface area contributed by atoms with E-state index in [2.05, 4.69) is 26.0 Å². The van der Waals surface area contributed by atoms with Gasteiger partial charge in [0.25, 0.3) is 5.56 Å². The number of hydrogen-bond donors (Lipinski definition) is 0. The molecular weight excluding hydrogens is 523 g/mol. The molecule has 4 aromatic rings. The summed E-state index contributed by atoms with van der Waals surface area (Å²) in [7, 11) is 1.46. The molecule has 0 amide bonds. The lowest BCUT2D eigenvalue weighted by atomic mass is 10.1. The van der Waals surface area contributed by atoms with Gasteiger partial charge < -0.3 is 4.74 Å². The fraction of sp³-hybridized carbons (Fsp3) is 0.0870. The van der Waals surface area contributed by atoms with E-state index < -0.39 is 17.3 Å². The third-order valence-corrected chi connectivity index (χ3v) is 5.56. The molecule has 0 spiro atoms. The Morgan fingerprint density at radius 1 is 1.12 bits per heavy atom. The largest absolute Gasteiger partial charge is 0.495 e. The summed E-state index contributed by atoms with van der Waals surface area (Å²) < 4.78 is 46.8. The normalized spacial score (nSPS) is 11.9. The molecule has 0 saturated heterocycles. The molecule has 0 unspecified atom stereocenters. The summed E-state index contributed by atoms with van der Waals surface area (Å²) in [5.41, 5.74) is -0.525. The molecule has 0 saturated carbocycles. The molecule has 4 rings (SSSR count). The van der Waals surface area contributed by atoms with E-state index in [9.17, 15) is 18.0 Å². The van der Waals surface area contributed by atoms with Gasteiger partial charge in [-0.25, -0.2) is 4.98 Å². The molecule has 1 heterocycles. The summed E-state index contributed by atoms with van der Waals surface area (Å²) in [6.45, 7) is 0. The maximum atomic E-state index is 13.3. The van der Waals surface area contributed by atoms with Crippen molar-refractivity contribution in [3.05, 3.63) is 91.6 Å². The van der Waals surface area contributed by atoms with Crippen molar-refractivity contribution in [1.82, 2.24) is 9.66 Å². The van der Waals surface area contributed by atoms with Crippen molar-refractivity contribution in [1.29, 1.82) is 0 Å². The zero-order valence-corrected chi connectivity index (χ0v) is 19.2. The summed E-state index contributed by atoms with van der Waals surface area (Å²) >= 11 is 9.47. The number of fused-ring (bicyclic) bond motifs is 1. The molecular formula is C23H14BrClF3N3O2. The van der Waals surface area contributed by atoms with Crippen molar-refractivity contribution in [3.8, 4) is 17.1 Å². The summed E-state index contributed by atoms with van der Waals surface area (Å²) in [4.78, 5) is 17.7. The Bertz CT molecular complexity index is 1450. The van der Waals surface area contributed by atoms with Gasteiger partial charge in [0.15, 0.2) is 5.82 Å². The highest BCUT2D eigenvalue weighted by Gasteiger charge is 2.31. The molecule has 0 N–H and O–H groups in total. The minimum absolute atomic E-state index is 0.0406. The molecule has 0 radical (unpaired) electrons. The first kappa shape index (κ1) is 23.0. The van der Waals surface area contributed by atoms with Gasteiger partial charge in [-0.3, -0.25) is 4.79 Å². The van der Waals surface area contributed by atoms with Crippen molar-refractivity contribution in [3.63, 3.8) is 0 Å². The highest BCUT2D eigenvalue weighted by Crippen LogP contribution is 2.33. The van der Waals surface area contributed by atoms with Crippen LogP contribution in [0.3, 0.4) is 0 Å². The number of rotatable bonds is 4. The molecule has 0 aliphatic carbocycles. The Morgan fingerprint density at radius 3 is 2.61 bits per heavy atom. The topological polar surface area (TPSA) is 56.5 Å². The van der Waals surface area contributed by atoms with Gasteiger partial charge in [0.2, 0.25) is 0 Å². The Hall–Kier alpha value is -3.17. The highest BCUT2D eigenvalue weighted by atomic mass is 79.9. The second-order valence-electron chi connectivity index (χ2n) is 6.90. The molecule has 10 heteroatoms. The SMILES string of the molecule is COc1c(Br)cc(Cl)cc1C=Nn1c(-c2cccc(C(F)(F)F)c2)nc2ccccc2c1=O.